The molecule has 0 atom stereocenters. The van der Waals surface area contributed by atoms with Crippen LogP contribution < -0.4 is 10.6 Å². The molecular formula is C15H16N4O. The van der Waals surface area contributed by atoms with Crippen molar-refractivity contribution in [1.82, 2.24) is 15.3 Å². The molecule has 1 saturated carbocycles. The molecule has 0 spiro atoms. The van der Waals surface area contributed by atoms with E-state index in [0.29, 0.717) is 17.4 Å². The van der Waals surface area contributed by atoms with Gasteiger partial charge in [0.05, 0.1) is 0 Å². The summed E-state index contributed by atoms with van der Waals surface area (Å²) in [4.78, 5) is 20.2. The van der Waals surface area contributed by atoms with Crippen molar-refractivity contribution in [3.63, 3.8) is 0 Å². The first-order valence-corrected chi connectivity index (χ1v) is 6.73. The van der Waals surface area contributed by atoms with E-state index in [1.54, 1.807) is 30.6 Å². The minimum atomic E-state index is -0.0328. The van der Waals surface area contributed by atoms with Crippen LogP contribution in [0.25, 0.3) is 0 Å². The Morgan fingerprint density at radius 2 is 2.00 bits per heavy atom. The number of amides is 1. The number of hydrogen-bond acceptors (Lipinski definition) is 4. The first-order valence-electron chi connectivity index (χ1n) is 6.73. The topological polar surface area (TPSA) is 66.9 Å². The third-order valence-corrected chi connectivity index (χ3v) is 3.19. The van der Waals surface area contributed by atoms with Crippen molar-refractivity contribution in [2.24, 2.45) is 5.92 Å². The van der Waals surface area contributed by atoms with Crippen LogP contribution >= 0.6 is 0 Å². The summed E-state index contributed by atoms with van der Waals surface area (Å²) in [6.45, 7) is 0.776. The summed E-state index contributed by atoms with van der Waals surface area (Å²) < 4.78 is 0. The second-order valence-corrected chi connectivity index (χ2v) is 4.93. The number of aromatic nitrogens is 2. The molecule has 0 radical (unpaired) electrons. The maximum Gasteiger partial charge on any atom is 0.251 e. The minimum absolute atomic E-state index is 0.0328. The molecule has 1 amide bonds. The third kappa shape index (κ3) is 3.32. The van der Waals surface area contributed by atoms with Gasteiger partial charge in [-0.2, -0.15) is 0 Å². The molecule has 102 valence electrons. The van der Waals surface area contributed by atoms with Gasteiger partial charge in [-0.15, -0.1) is 0 Å². The van der Waals surface area contributed by atoms with Crippen LogP contribution in [-0.4, -0.2) is 22.4 Å². The van der Waals surface area contributed by atoms with Gasteiger partial charge in [-0.3, -0.25) is 4.79 Å². The van der Waals surface area contributed by atoms with Crippen molar-refractivity contribution < 1.29 is 4.79 Å². The number of carbonyl (C=O) groups is 1. The standard InChI is InChI=1S/C15H16N4O/c20-14(18-10-11-5-6-11)12-3-1-4-13(9-12)19-15-16-7-2-8-17-15/h1-4,7-9,11H,5-6,10H2,(H,18,20)(H,16,17,19). The fourth-order valence-electron chi connectivity index (χ4n) is 1.89. The molecule has 3 rings (SSSR count). The maximum absolute atomic E-state index is 12.0. The number of nitrogens with one attached hydrogen (secondary N) is 2. The maximum atomic E-state index is 12.0. The summed E-state index contributed by atoms with van der Waals surface area (Å²) in [6.07, 6.45) is 5.80. The summed E-state index contributed by atoms with van der Waals surface area (Å²) in [6, 6.07) is 9.09. The van der Waals surface area contributed by atoms with E-state index in [-0.39, 0.29) is 5.91 Å². The summed E-state index contributed by atoms with van der Waals surface area (Å²) in [5, 5.41) is 6.03. The summed E-state index contributed by atoms with van der Waals surface area (Å²) in [5.74, 6) is 1.16. The van der Waals surface area contributed by atoms with Crippen molar-refractivity contribution in [2.75, 3.05) is 11.9 Å². The molecule has 5 heteroatoms. The molecular weight excluding hydrogens is 252 g/mol. The van der Waals surface area contributed by atoms with E-state index in [1.807, 2.05) is 12.1 Å². The Hall–Kier alpha value is -2.43. The highest BCUT2D eigenvalue weighted by molar-refractivity contribution is 5.95. The van der Waals surface area contributed by atoms with Crippen LogP contribution in [0.3, 0.4) is 0 Å². The van der Waals surface area contributed by atoms with Crippen LogP contribution in [0.1, 0.15) is 23.2 Å². The summed E-state index contributed by atoms with van der Waals surface area (Å²) in [7, 11) is 0. The lowest BCUT2D eigenvalue weighted by atomic mass is 10.2. The third-order valence-electron chi connectivity index (χ3n) is 3.19. The first-order chi connectivity index (χ1) is 9.81. The second-order valence-electron chi connectivity index (χ2n) is 4.93. The zero-order valence-corrected chi connectivity index (χ0v) is 11.0. The number of anilines is 2. The van der Waals surface area contributed by atoms with Crippen LogP contribution in [0.2, 0.25) is 0 Å². The van der Waals surface area contributed by atoms with E-state index in [9.17, 15) is 4.79 Å². The smallest absolute Gasteiger partial charge is 0.251 e. The predicted octanol–water partition coefficient (Wildman–Crippen LogP) is 2.36. The quantitative estimate of drug-likeness (QED) is 0.873. The molecule has 1 aromatic heterocycles. The molecule has 0 saturated heterocycles. The van der Waals surface area contributed by atoms with E-state index in [0.717, 1.165) is 12.2 Å². The van der Waals surface area contributed by atoms with Gasteiger partial charge in [-0.05, 0) is 43.0 Å². The molecule has 0 unspecified atom stereocenters. The molecule has 1 fully saturated rings. The van der Waals surface area contributed by atoms with Crippen LogP contribution in [-0.2, 0) is 0 Å². The number of carbonyl (C=O) groups excluding carboxylic acids is 1. The number of hydrogen-bond donors (Lipinski definition) is 2. The molecule has 1 aromatic carbocycles. The van der Waals surface area contributed by atoms with E-state index in [1.165, 1.54) is 12.8 Å². The van der Waals surface area contributed by atoms with Crippen molar-refractivity contribution >= 4 is 17.5 Å². The fraction of sp³-hybridized carbons (Fsp3) is 0.267. The van der Waals surface area contributed by atoms with Crippen molar-refractivity contribution in [3.05, 3.63) is 48.3 Å². The highest BCUT2D eigenvalue weighted by atomic mass is 16.1. The fourth-order valence-corrected chi connectivity index (χ4v) is 1.89. The van der Waals surface area contributed by atoms with Crippen molar-refractivity contribution in [2.45, 2.75) is 12.8 Å². The summed E-state index contributed by atoms with van der Waals surface area (Å²) >= 11 is 0. The van der Waals surface area contributed by atoms with Gasteiger partial charge in [0.1, 0.15) is 0 Å². The number of rotatable bonds is 5. The zero-order valence-electron chi connectivity index (χ0n) is 11.0. The second kappa shape index (κ2) is 5.69. The molecule has 0 bridgehead atoms. The average Bonchev–Trinajstić information content (AvgIpc) is 3.30. The Kier molecular flexibility index (Phi) is 3.58. The summed E-state index contributed by atoms with van der Waals surface area (Å²) in [5.41, 5.74) is 1.45. The lowest BCUT2D eigenvalue weighted by molar-refractivity contribution is 0.0952. The molecule has 1 aliphatic carbocycles. The molecule has 20 heavy (non-hydrogen) atoms. The van der Waals surface area contributed by atoms with Crippen LogP contribution in [0, 0.1) is 5.92 Å². The molecule has 2 N–H and O–H groups in total. The highest BCUT2D eigenvalue weighted by Crippen LogP contribution is 2.27. The SMILES string of the molecule is O=C(NCC1CC1)c1cccc(Nc2ncccn2)c1. The van der Waals surface area contributed by atoms with Crippen molar-refractivity contribution in [1.29, 1.82) is 0 Å². The molecule has 0 aliphatic heterocycles. The van der Waals surface area contributed by atoms with E-state index < -0.39 is 0 Å². The van der Waals surface area contributed by atoms with Gasteiger partial charge in [-0.1, -0.05) is 6.07 Å². The monoisotopic (exact) mass is 268 g/mol. The predicted molar refractivity (Wildman–Crippen MR) is 76.8 cm³/mol. The van der Waals surface area contributed by atoms with Gasteiger partial charge in [0, 0.05) is 30.2 Å². The molecule has 1 aliphatic rings. The normalized spacial score (nSPS) is 13.8. The van der Waals surface area contributed by atoms with Gasteiger partial charge in [0.15, 0.2) is 0 Å². The van der Waals surface area contributed by atoms with Crippen molar-refractivity contribution in [3.8, 4) is 0 Å². The Morgan fingerprint density at radius 3 is 2.75 bits per heavy atom. The number of nitrogens with zero attached hydrogens (tertiary/aromatic N) is 2. The van der Waals surface area contributed by atoms with Gasteiger partial charge < -0.3 is 10.6 Å². The van der Waals surface area contributed by atoms with Crippen LogP contribution in [0.4, 0.5) is 11.6 Å². The number of benzene rings is 1. The average molecular weight is 268 g/mol. The Labute approximate surface area is 117 Å². The molecule has 5 nitrogen and oxygen atoms in total. The lowest BCUT2D eigenvalue weighted by Crippen LogP contribution is -2.25. The first kappa shape index (κ1) is 12.6. The molecule has 1 heterocycles. The Balaban J connectivity index is 1.67. The van der Waals surface area contributed by atoms with Gasteiger partial charge in [0.2, 0.25) is 5.95 Å². The van der Waals surface area contributed by atoms with Crippen LogP contribution in [0.5, 0.6) is 0 Å². The van der Waals surface area contributed by atoms with Gasteiger partial charge in [0.25, 0.3) is 5.91 Å². The van der Waals surface area contributed by atoms with Crippen LogP contribution in [0.15, 0.2) is 42.7 Å². The zero-order chi connectivity index (χ0) is 13.8. The van der Waals surface area contributed by atoms with Gasteiger partial charge in [-0.25, -0.2) is 9.97 Å². The van der Waals surface area contributed by atoms with E-state index >= 15 is 0 Å². The van der Waals surface area contributed by atoms with E-state index in [2.05, 4.69) is 20.6 Å². The largest absolute Gasteiger partial charge is 0.352 e. The lowest BCUT2D eigenvalue weighted by Gasteiger charge is -2.07. The molecule has 2 aromatic rings. The Bertz CT molecular complexity index is 596. The highest BCUT2D eigenvalue weighted by Gasteiger charge is 2.21. The minimum Gasteiger partial charge on any atom is -0.352 e. The Morgan fingerprint density at radius 1 is 1.20 bits per heavy atom. The van der Waals surface area contributed by atoms with E-state index in [4.69, 9.17) is 0 Å². The van der Waals surface area contributed by atoms with Gasteiger partial charge >= 0.3 is 0 Å².